The van der Waals surface area contributed by atoms with E-state index in [9.17, 15) is 10.1 Å². The molecule has 1 aliphatic rings. The van der Waals surface area contributed by atoms with Crippen LogP contribution in [-0.4, -0.2) is 5.91 Å². The van der Waals surface area contributed by atoms with Gasteiger partial charge < -0.3 is 5.32 Å². The van der Waals surface area contributed by atoms with E-state index < -0.39 is 0 Å². The van der Waals surface area contributed by atoms with Gasteiger partial charge in [-0.2, -0.15) is 5.26 Å². The minimum Gasteiger partial charge on any atom is -0.322 e. The number of nitriles is 1. The first-order chi connectivity index (χ1) is 10.1. The summed E-state index contributed by atoms with van der Waals surface area (Å²) < 4.78 is 0. The van der Waals surface area contributed by atoms with E-state index in [-0.39, 0.29) is 11.3 Å². The molecule has 3 rings (SSSR count). The first-order valence-electron chi connectivity index (χ1n) is 7.03. The second kappa shape index (κ2) is 5.06. The lowest BCUT2D eigenvalue weighted by Gasteiger charge is -2.09. The Balaban J connectivity index is 1.72. The Bertz CT molecular complexity index is 704. The zero-order valence-corrected chi connectivity index (χ0v) is 11.9. The highest BCUT2D eigenvalue weighted by Crippen LogP contribution is 2.47. The first kappa shape index (κ1) is 13.4. The van der Waals surface area contributed by atoms with Crippen molar-refractivity contribution >= 4 is 11.6 Å². The summed E-state index contributed by atoms with van der Waals surface area (Å²) in [5.74, 6) is -0.121. The Labute approximate surface area is 124 Å². The van der Waals surface area contributed by atoms with E-state index >= 15 is 0 Å². The van der Waals surface area contributed by atoms with Crippen LogP contribution in [0.1, 0.15) is 34.3 Å². The average molecular weight is 276 g/mol. The summed E-state index contributed by atoms with van der Waals surface area (Å²) in [6, 6.07) is 17.4. The molecule has 0 atom stereocenters. The number of nitrogens with zero attached hydrogens (tertiary/aromatic N) is 1. The zero-order valence-electron chi connectivity index (χ0n) is 11.9. The topological polar surface area (TPSA) is 52.9 Å². The van der Waals surface area contributed by atoms with Crippen LogP contribution in [0.4, 0.5) is 5.69 Å². The molecule has 0 bridgehead atoms. The molecular formula is C18H16N2O. The molecule has 0 radical (unpaired) electrons. The molecule has 2 aromatic rings. The highest BCUT2D eigenvalue weighted by Gasteiger charge is 2.44. The van der Waals surface area contributed by atoms with Crippen LogP contribution in [-0.2, 0) is 5.41 Å². The van der Waals surface area contributed by atoms with Gasteiger partial charge in [-0.1, -0.05) is 29.8 Å². The molecule has 0 aliphatic heterocycles. The Morgan fingerprint density at radius 2 is 1.71 bits per heavy atom. The van der Waals surface area contributed by atoms with E-state index in [0.717, 1.165) is 29.7 Å². The summed E-state index contributed by atoms with van der Waals surface area (Å²) in [6.45, 7) is 1.99. The molecule has 104 valence electrons. The van der Waals surface area contributed by atoms with Crippen LogP contribution in [0.5, 0.6) is 0 Å². The number of amides is 1. The third kappa shape index (κ3) is 2.66. The minimum absolute atomic E-state index is 0.121. The molecule has 1 amide bonds. The van der Waals surface area contributed by atoms with Crippen molar-refractivity contribution in [2.45, 2.75) is 25.2 Å². The lowest BCUT2D eigenvalue weighted by molar-refractivity contribution is 0.102. The van der Waals surface area contributed by atoms with E-state index in [4.69, 9.17) is 0 Å². The molecule has 3 heteroatoms. The molecule has 0 unspecified atom stereocenters. The second-order valence-corrected chi connectivity index (χ2v) is 5.59. The van der Waals surface area contributed by atoms with Crippen LogP contribution in [0.15, 0.2) is 48.5 Å². The molecule has 0 heterocycles. The second-order valence-electron chi connectivity index (χ2n) is 5.59. The fourth-order valence-corrected chi connectivity index (χ4v) is 2.37. The number of carbonyl (C=O) groups excluding carboxylic acids is 1. The Morgan fingerprint density at radius 3 is 2.24 bits per heavy atom. The van der Waals surface area contributed by atoms with E-state index in [2.05, 4.69) is 11.4 Å². The van der Waals surface area contributed by atoms with Crippen LogP contribution in [0.3, 0.4) is 0 Å². The van der Waals surface area contributed by atoms with Crippen LogP contribution in [0.2, 0.25) is 0 Å². The number of carbonyl (C=O) groups is 1. The standard InChI is InChI=1S/C18H16N2O/c1-13-2-4-14(5-3-13)17(21)20-16-8-6-15(7-9-16)18(12-19)10-11-18/h2-9H,10-11H2,1H3,(H,20,21). The van der Waals surface area contributed by atoms with Gasteiger partial charge in [-0.15, -0.1) is 0 Å². The van der Waals surface area contributed by atoms with Gasteiger partial charge in [0, 0.05) is 11.3 Å². The fraction of sp³-hybridized carbons (Fsp3) is 0.222. The maximum Gasteiger partial charge on any atom is 0.255 e. The van der Waals surface area contributed by atoms with Crippen molar-refractivity contribution in [3.63, 3.8) is 0 Å². The van der Waals surface area contributed by atoms with Crippen molar-refractivity contribution in [1.29, 1.82) is 5.26 Å². The van der Waals surface area contributed by atoms with Crippen molar-refractivity contribution in [3.8, 4) is 6.07 Å². The van der Waals surface area contributed by atoms with E-state index in [1.54, 1.807) is 0 Å². The zero-order chi connectivity index (χ0) is 14.9. The number of hydrogen-bond donors (Lipinski definition) is 1. The van der Waals surface area contributed by atoms with Gasteiger partial charge in [0.15, 0.2) is 0 Å². The quantitative estimate of drug-likeness (QED) is 0.927. The third-order valence-electron chi connectivity index (χ3n) is 3.97. The van der Waals surface area contributed by atoms with Crippen LogP contribution >= 0.6 is 0 Å². The Kier molecular flexibility index (Phi) is 3.23. The van der Waals surface area contributed by atoms with Gasteiger partial charge in [-0.25, -0.2) is 0 Å². The van der Waals surface area contributed by atoms with Gasteiger partial charge in [0.2, 0.25) is 0 Å². The van der Waals surface area contributed by atoms with Gasteiger partial charge in [-0.3, -0.25) is 4.79 Å². The molecule has 0 spiro atoms. The molecule has 3 nitrogen and oxygen atoms in total. The van der Waals surface area contributed by atoms with Crippen LogP contribution < -0.4 is 5.32 Å². The van der Waals surface area contributed by atoms with Crippen LogP contribution in [0, 0.1) is 18.3 Å². The fourth-order valence-electron chi connectivity index (χ4n) is 2.37. The smallest absolute Gasteiger partial charge is 0.255 e. The number of anilines is 1. The molecular weight excluding hydrogens is 260 g/mol. The van der Waals surface area contributed by atoms with Gasteiger partial charge in [0.25, 0.3) is 5.91 Å². The summed E-state index contributed by atoms with van der Waals surface area (Å²) in [6.07, 6.45) is 1.86. The van der Waals surface area contributed by atoms with Crippen molar-refractivity contribution in [1.82, 2.24) is 0 Å². The molecule has 1 aliphatic carbocycles. The van der Waals surface area contributed by atoms with Gasteiger partial charge >= 0.3 is 0 Å². The predicted molar refractivity (Wildman–Crippen MR) is 82.1 cm³/mol. The number of rotatable bonds is 3. The lowest BCUT2D eigenvalue weighted by Crippen LogP contribution is -2.12. The molecule has 21 heavy (non-hydrogen) atoms. The summed E-state index contributed by atoms with van der Waals surface area (Å²) in [5, 5.41) is 12.0. The lowest BCUT2D eigenvalue weighted by atomic mass is 9.97. The van der Waals surface area contributed by atoms with Crippen molar-refractivity contribution < 1.29 is 4.79 Å². The van der Waals surface area contributed by atoms with E-state index in [0.29, 0.717) is 5.56 Å². The maximum atomic E-state index is 12.1. The molecule has 1 fully saturated rings. The molecule has 2 aromatic carbocycles. The van der Waals surface area contributed by atoms with Gasteiger partial charge in [-0.05, 0) is 49.6 Å². The number of nitrogens with one attached hydrogen (secondary N) is 1. The molecule has 0 aromatic heterocycles. The van der Waals surface area contributed by atoms with Crippen molar-refractivity contribution in [3.05, 3.63) is 65.2 Å². The monoisotopic (exact) mass is 276 g/mol. The Hall–Kier alpha value is -2.60. The maximum absolute atomic E-state index is 12.1. The minimum atomic E-state index is -0.278. The molecule has 0 saturated heterocycles. The number of aryl methyl sites for hydroxylation is 1. The summed E-state index contributed by atoms with van der Waals surface area (Å²) >= 11 is 0. The largest absolute Gasteiger partial charge is 0.322 e. The van der Waals surface area contributed by atoms with Gasteiger partial charge in [0.1, 0.15) is 0 Å². The number of hydrogen-bond acceptors (Lipinski definition) is 2. The predicted octanol–water partition coefficient (Wildman–Crippen LogP) is 3.80. The molecule has 1 N–H and O–H groups in total. The van der Waals surface area contributed by atoms with Crippen LogP contribution in [0.25, 0.3) is 0 Å². The molecule has 1 saturated carbocycles. The normalized spacial score (nSPS) is 15.0. The highest BCUT2D eigenvalue weighted by atomic mass is 16.1. The van der Waals surface area contributed by atoms with Crippen molar-refractivity contribution in [2.24, 2.45) is 0 Å². The number of benzene rings is 2. The van der Waals surface area contributed by atoms with Gasteiger partial charge in [0.05, 0.1) is 11.5 Å². The van der Waals surface area contributed by atoms with E-state index in [1.165, 1.54) is 0 Å². The van der Waals surface area contributed by atoms with E-state index in [1.807, 2.05) is 55.5 Å². The highest BCUT2D eigenvalue weighted by molar-refractivity contribution is 6.04. The third-order valence-corrected chi connectivity index (χ3v) is 3.97. The Morgan fingerprint density at radius 1 is 1.10 bits per heavy atom. The summed E-state index contributed by atoms with van der Waals surface area (Å²) in [7, 11) is 0. The SMILES string of the molecule is Cc1ccc(C(=O)Nc2ccc(C3(C#N)CC3)cc2)cc1. The first-order valence-corrected chi connectivity index (χ1v) is 7.03. The summed E-state index contributed by atoms with van der Waals surface area (Å²) in [4.78, 5) is 12.1. The van der Waals surface area contributed by atoms with Crippen molar-refractivity contribution in [2.75, 3.05) is 5.32 Å². The summed E-state index contributed by atoms with van der Waals surface area (Å²) in [5.41, 5.74) is 3.28. The average Bonchev–Trinajstić information content (AvgIpc) is 3.30.